The first kappa shape index (κ1) is 12.4. The third-order valence-electron chi connectivity index (χ3n) is 3.59. The SMILES string of the molecule is Cc1cc2c(c([Si](C)(C)C)c1)N(C)C(=O)[C@@H]2C. The standard InChI is InChI=1S/C14H21NOSi/c1-9-7-11-10(2)14(16)15(3)13(11)12(8-9)17(4,5)6/h7-8,10H,1-6H3/t10-/m1/s1. The van der Waals surface area contributed by atoms with Crippen LogP contribution in [0.2, 0.25) is 19.6 Å². The number of anilines is 1. The van der Waals surface area contributed by atoms with Crippen LogP contribution in [0.4, 0.5) is 5.69 Å². The minimum absolute atomic E-state index is 0.0185. The van der Waals surface area contributed by atoms with Gasteiger partial charge in [0.25, 0.3) is 0 Å². The zero-order valence-electron chi connectivity index (χ0n) is 11.6. The molecule has 1 atom stereocenters. The zero-order valence-corrected chi connectivity index (χ0v) is 12.6. The molecule has 1 heterocycles. The Morgan fingerprint density at radius 2 is 1.82 bits per heavy atom. The minimum Gasteiger partial charge on any atom is -0.315 e. The molecule has 1 aliphatic heterocycles. The summed E-state index contributed by atoms with van der Waals surface area (Å²) in [6.07, 6.45) is 0. The van der Waals surface area contributed by atoms with Gasteiger partial charge >= 0.3 is 0 Å². The summed E-state index contributed by atoms with van der Waals surface area (Å²) in [6.45, 7) is 11.1. The van der Waals surface area contributed by atoms with Crippen molar-refractivity contribution in [2.45, 2.75) is 39.4 Å². The summed E-state index contributed by atoms with van der Waals surface area (Å²) in [7, 11) is 0.490. The number of rotatable bonds is 1. The van der Waals surface area contributed by atoms with E-state index in [1.807, 2.05) is 18.9 Å². The summed E-state index contributed by atoms with van der Waals surface area (Å²) < 4.78 is 0. The van der Waals surface area contributed by atoms with Crippen molar-refractivity contribution in [1.82, 2.24) is 0 Å². The summed E-state index contributed by atoms with van der Waals surface area (Å²) >= 11 is 0. The van der Waals surface area contributed by atoms with Crippen molar-refractivity contribution < 1.29 is 4.79 Å². The molecule has 1 aliphatic rings. The lowest BCUT2D eigenvalue weighted by Crippen LogP contribution is -2.41. The topological polar surface area (TPSA) is 20.3 Å². The third kappa shape index (κ3) is 1.82. The van der Waals surface area contributed by atoms with Crippen molar-refractivity contribution in [2.24, 2.45) is 0 Å². The predicted octanol–water partition coefficient (Wildman–Crippen LogP) is 2.62. The number of hydrogen-bond acceptors (Lipinski definition) is 1. The van der Waals surface area contributed by atoms with Crippen LogP contribution in [0.15, 0.2) is 12.1 Å². The summed E-state index contributed by atoms with van der Waals surface area (Å²) in [5.74, 6) is 0.245. The molecule has 2 rings (SSSR count). The molecular formula is C14H21NOSi. The largest absolute Gasteiger partial charge is 0.315 e. The van der Waals surface area contributed by atoms with Crippen molar-refractivity contribution >= 4 is 24.9 Å². The Balaban J connectivity index is 2.74. The molecule has 0 radical (unpaired) electrons. The van der Waals surface area contributed by atoms with Crippen molar-refractivity contribution in [3.8, 4) is 0 Å². The van der Waals surface area contributed by atoms with E-state index in [2.05, 4.69) is 38.7 Å². The lowest BCUT2D eigenvalue weighted by molar-refractivity contribution is -0.118. The van der Waals surface area contributed by atoms with Gasteiger partial charge in [0.2, 0.25) is 5.91 Å². The Morgan fingerprint density at radius 3 is 2.35 bits per heavy atom. The van der Waals surface area contributed by atoms with Gasteiger partial charge in [0.1, 0.15) is 0 Å². The van der Waals surface area contributed by atoms with Gasteiger partial charge in [0.15, 0.2) is 0 Å². The number of fused-ring (bicyclic) bond motifs is 1. The molecule has 2 nitrogen and oxygen atoms in total. The maximum absolute atomic E-state index is 12.1. The molecule has 1 aromatic rings. The second-order valence-corrected chi connectivity index (χ2v) is 11.2. The summed E-state index contributed by atoms with van der Waals surface area (Å²) in [4.78, 5) is 13.9. The van der Waals surface area contributed by atoms with Crippen LogP contribution in [0.25, 0.3) is 0 Å². The first-order valence-electron chi connectivity index (χ1n) is 6.16. The summed E-state index contributed by atoms with van der Waals surface area (Å²) in [6, 6.07) is 4.44. The zero-order chi connectivity index (χ0) is 13.0. The third-order valence-corrected chi connectivity index (χ3v) is 5.59. The van der Waals surface area contributed by atoms with Gasteiger partial charge in [0.05, 0.1) is 14.0 Å². The quantitative estimate of drug-likeness (QED) is 0.699. The monoisotopic (exact) mass is 247 g/mol. The lowest BCUT2D eigenvalue weighted by atomic mass is 10.0. The summed E-state index contributed by atoms with van der Waals surface area (Å²) in [5.41, 5.74) is 3.68. The van der Waals surface area contributed by atoms with E-state index >= 15 is 0 Å². The van der Waals surface area contributed by atoms with Crippen LogP contribution in [-0.2, 0) is 4.79 Å². The number of nitrogens with zero attached hydrogens (tertiary/aromatic N) is 1. The van der Waals surface area contributed by atoms with Gasteiger partial charge in [-0.3, -0.25) is 4.79 Å². The Labute approximate surface area is 105 Å². The van der Waals surface area contributed by atoms with Crippen LogP contribution >= 0.6 is 0 Å². The molecule has 0 aromatic heterocycles. The maximum Gasteiger partial charge on any atom is 0.234 e. The van der Waals surface area contributed by atoms with Gasteiger partial charge in [-0.15, -0.1) is 0 Å². The highest BCUT2D eigenvalue weighted by atomic mass is 28.3. The average molecular weight is 247 g/mol. The normalized spacial score (nSPS) is 19.8. The van der Waals surface area contributed by atoms with E-state index in [4.69, 9.17) is 0 Å². The van der Waals surface area contributed by atoms with E-state index in [0.717, 1.165) is 0 Å². The van der Waals surface area contributed by atoms with E-state index in [1.54, 1.807) is 0 Å². The predicted molar refractivity (Wildman–Crippen MR) is 76.0 cm³/mol. The van der Waals surface area contributed by atoms with Gasteiger partial charge in [-0.05, 0) is 24.6 Å². The van der Waals surface area contributed by atoms with E-state index in [1.165, 1.54) is 22.0 Å². The Bertz CT molecular complexity index is 488. The van der Waals surface area contributed by atoms with E-state index in [-0.39, 0.29) is 11.8 Å². The van der Waals surface area contributed by atoms with E-state index in [0.29, 0.717) is 0 Å². The van der Waals surface area contributed by atoms with Crippen LogP contribution in [0.3, 0.4) is 0 Å². The first-order valence-corrected chi connectivity index (χ1v) is 9.66. The van der Waals surface area contributed by atoms with Crippen LogP contribution in [0.1, 0.15) is 24.0 Å². The molecule has 0 aliphatic carbocycles. The number of likely N-dealkylation sites (N-methyl/N-ethyl adjacent to an activating group) is 1. The Hall–Kier alpha value is -1.09. The average Bonchev–Trinajstić information content (AvgIpc) is 2.42. The van der Waals surface area contributed by atoms with Crippen molar-refractivity contribution in [3.63, 3.8) is 0 Å². The number of hydrogen-bond donors (Lipinski definition) is 0. The van der Waals surface area contributed by atoms with Crippen molar-refractivity contribution in [3.05, 3.63) is 23.3 Å². The smallest absolute Gasteiger partial charge is 0.234 e. The van der Waals surface area contributed by atoms with Crippen molar-refractivity contribution in [2.75, 3.05) is 11.9 Å². The first-order chi connectivity index (χ1) is 7.73. The minimum atomic E-state index is -1.42. The van der Waals surface area contributed by atoms with Crippen LogP contribution < -0.4 is 10.1 Å². The lowest BCUT2D eigenvalue weighted by Gasteiger charge is -2.24. The number of amides is 1. The molecule has 0 unspecified atom stereocenters. The molecule has 92 valence electrons. The summed E-state index contributed by atoms with van der Waals surface area (Å²) in [5, 5.41) is 1.41. The molecule has 0 bridgehead atoms. The molecular weight excluding hydrogens is 226 g/mol. The highest BCUT2D eigenvalue weighted by Crippen LogP contribution is 2.36. The molecule has 3 heteroatoms. The second kappa shape index (κ2) is 3.70. The second-order valence-electron chi connectivity index (χ2n) is 6.12. The van der Waals surface area contributed by atoms with Gasteiger partial charge in [0, 0.05) is 12.7 Å². The van der Waals surface area contributed by atoms with E-state index in [9.17, 15) is 4.79 Å². The fraction of sp³-hybridized carbons (Fsp3) is 0.500. The fourth-order valence-corrected chi connectivity index (χ4v) is 4.30. The highest BCUT2D eigenvalue weighted by molar-refractivity contribution is 6.90. The Kier molecular flexibility index (Phi) is 2.69. The molecule has 0 spiro atoms. The number of aryl methyl sites for hydroxylation is 1. The fourth-order valence-electron chi connectivity index (χ4n) is 2.62. The molecule has 0 fully saturated rings. The molecule has 0 N–H and O–H groups in total. The molecule has 0 saturated carbocycles. The molecule has 17 heavy (non-hydrogen) atoms. The maximum atomic E-state index is 12.1. The molecule has 1 aromatic carbocycles. The molecule has 0 saturated heterocycles. The van der Waals surface area contributed by atoms with Gasteiger partial charge < -0.3 is 4.90 Å². The van der Waals surface area contributed by atoms with Crippen LogP contribution in [0.5, 0.6) is 0 Å². The number of carbonyl (C=O) groups is 1. The van der Waals surface area contributed by atoms with E-state index < -0.39 is 8.07 Å². The van der Waals surface area contributed by atoms with Crippen LogP contribution in [-0.4, -0.2) is 21.0 Å². The van der Waals surface area contributed by atoms with Crippen LogP contribution in [0, 0.1) is 6.92 Å². The number of benzene rings is 1. The Morgan fingerprint density at radius 1 is 1.24 bits per heavy atom. The number of carbonyl (C=O) groups excluding carboxylic acids is 1. The van der Waals surface area contributed by atoms with Crippen molar-refractivity contribution in [1.29, 1.82) is 0 Å². The van der Waals surface area contributed by atoms with Gasteiger partial charge in [-0.2, -0.15) is 0 Å². The van der Waals surface area contributed by atoms with Gasteiger partial charge in [-0.1, -0.05) is 37.3 Å². The molecule has 1 amide bonds. The van der Waals surface area contributed by atoms with Gasteiger partial charge in [-0.25, -0.2) is 0 Å². The highest BCUT2D eigenvalue weighted by Gasteiger charge is 2.36.